The minimum atomic E-state index is -1.48. The van der Waals surface area contributed by atoms with Crippen LogP contribution in [0, 0.1) is 36.0 Å². The molecule has 2 aliphatic carbocycles. The van der Waals surface area contributed by atoms with E-state index >= 15 is 4.79 Å². The van der Waals surface area contributed by atoms with Gasteiger partial charge in [-0.05, 0) is 86.0 Å². The first-order valence-corrected chi connectivity index (χ1v) is 19.5. The molecule has 2 aromatic heterocycles. The number of aromatic carboxylic acids is 1. The molecule has 6 atom stereocenters. The number of aryl methyl sites for hydroxylation is 2. The smallest absolute Gasteiger partial charge is 0.339 e. The SMILES string of the molecule is COc1cccc(O)c1[C@H]1C2=CC[C@@H]3C(=O)N(c4ccc(C(=O)O)c(O)c4)C(=O)[C@@H]3[C@@H]2C[C@H]2C(=O)N(c3cc(-c4sc5ccc(Cl)cc5c4C)nn3C)C(=O)[C@@]12C. The van der Waals surface area contributed by atoms with Gasteiger partial charge in [-0.15, -0.1) is 11.3 Å². The zero-order valence-electron chi connectivity index (χ0n) is 31.0. The Hall–Kier alpha value is -5.99. The lowest BCUT2D eigenvalue weighted by Gasteiger charge is -2.49. The number of benzene rings is 3. The number of thiophene rings is 1. The van der Waals surface area contributed by atoms with Crippen LogP contribution in [0.5, 0.6) is 17.2 Å². The van der Waals surface area contributed by atoms with E-state index in [-0.39, 0.29) is 47.0 Å². The number of anilines is 2. The monoisotopic (exact) mass is 806 g/mol. The number of fused-ring (bicyclic) bond motifs is 5. The number of imide groups is 2. The molecule has 57 heavy (non-hydrogen) atoms. The van der Waals surface area contributed by atoms with Crippen molar-refractivity contribution in [3.63, 3.8) is 0 Å². The molecule has 4 aliphatic rings. The molecule has 0 unspecified atom stereocenters. The molecule has 0 spiro atoms. The topological polar surface area (TPSA) is 180 Å². The lowest BCUT2D eigenvalue weighted by atomic mass is 9.51. The minimum absolute atomic E-state index is 0.0188. The third-order valence-corrected chi connectivity index (χ3v) is 14.0. The molecule has 0 bridgehead atoms. The number of ether oxygens (including phenoxy) is 1. The fourth-order valence-corrected chi connectivity index (χ4v) is 11.2. The number of carbonyl (C=O) groups excluding carboxylic acids is 4. The second-order valence-electron chi connectivity index (χ2n) is 15.3. The third-order valence-electron chi connectivity index (χ3n) is 12.5. The third kappa shape index (κ3) is 5.05. The molecule has 1 saturated carbocycles. The summed E-state index contributed by atoms with van der Waals surface area (Å²) in [6.07, 6.45) is 2.02. The molecule has 2 saturated heterocycles. The quantitative estimate of drug-likeness (QED) is 0.122. The number of phenolic OH excluding ortho intramolecular Hbond substituents is 1. The molecule has 3 N–H and O–H groups in total. The summed E-state index contributed by atoms with van der Waals surface area (Å²) < 4.78 is 8.27. The van der Waals surface area contributed by atoms with Crippen LogP contribution in [-0.2, 0) is 26.2 Å². The number of carboxylic acids is 1. The number of hydrogen-bond acceptors (Lipinski definition) is 10. The summed E-state index contributed by atoms with van der Waals surface area (Å²) in [5.74, 6) is -8.12. The van der Waals surface area contributed by atoms with E-state index in [4.69, 9.17) is 21.4 Å². The Kier molecular flexibility index (Phi) is 8.20. The molecule has 3 aromatic carbocycles. The number of carboxylic acid groups (broad SMARTS) is 1. The van der Waals surface area contributed by atoms with Gasteiger partial charge in [-0.25, -0.2) is 14.6 Å². The Balaban J connectivity index is 1.16. The van der Waals surface area contributed by atoms with Gasteiger partial charge in [-0.2, -0.15) is 5.10 Å². The molecule has 9 rings (SSSR count). The molecule has 4 amide bonds. The van der Waals surface area contributed by atoms with Crippen molar-refractivity contribution in [3.05, 3.63) is 94.0 Å². The Morgan fingerprint density at radius 1 is 0.965 bits per heavy atom. The minimum Gasteiger partial charge on any atom is -0.508 e. The molecule has 2 aliphatic heterocycles. The number of nitrogens with zero attached hydrogens (tertiary/aromatic N) is 4. The van der Waals surface area contributed by atoms with Crippen molar-refractivity contribution in [2.24, 2.45) is 36.1 Å². The van der Waals surface area contributed by atoms with Gasteiger partial charge in [0.25, 0.3) is 0 Å². The van der Waals surface area contributed by atoms with Crippen LogP contribution in [0.15, 0.2) is 72.3 Å². The van der Waals surface area contributed by atoms with Crippen molar-refractivity contribution in [1.82, 2.24) is 9.78 Å². The lowest BCUT2D eigenvalue weighted by molar-refractivity contribution is -0.131. The van der Waals surface area contributed by atoms with E-state index in [0.29, 0.717) is 16.3 Å². The van der Waals surface area contributed by atoms with Crippen LogP contribution in [0.2, 0.25) is 5.02 Å². The van der Waals surface area contributed by atoms with Crippen LogP contribution in [0.3, 0.4) is 0 Å². The number of amides is 4. The highest BCUT2D eigenvalue weighted by molar-refractivity contribution is 7.22. The summed E-state index contributed by atoms with van der Waals surface area (Å²) in [6.45, 7) is 3.69. The number of hydrogen-bond donors (Lipinski definition) is 3. The largest absolute Gasteiger partial charge is 0.508 e. The fourth-order valence-electron chi connectivity index (χ4n) is 9.85. The maximum absolute atomic E-state index is 15.2. The van der Waals surface area contributed by atoms with Crippen LogP contribution < -0.4 is 14.5 Å². The maximum Gasteiger partial charge on any atom is 0.339 e. The first kappa shape index (κ1) is 36.6. The van der Waals surface area contributed by atoms with Crippen molar-refractivity contribution >= 4 is 74.1 Å². The standard InChI is InChI=1S/C42H35ClN4O9S/c1-18-24-14-19(43)8-13-31(24)57-36(18)27-17-32(45(3)44-27)47-38(51)26-16-25-21(35(42(26,2)41(47)55)34-28(48)6-5-7-30(34)56-4)11-12-23-33(25)39(52)46(37(23)50)20-9-10-22(40(53)54)29(49)15-20/h5-11,13-15,17,23,25-26,33,35,48-49H,12,16H2,1-4H3,(H,53,54)/t23-,25+,26-,33-,35+,42+/m0/s1. The number of phenols is 2. The Bertz CT molecular complexity index is 2680. The van der Waals surface area contributed by atoms with Crippen LogP contribution in [0.1, 0.15) is 47.2 Å². The van der Waals surface area contributed by atoms with E-state index in [1.54, 1.807) is 32.2 Å². The lowest BCUT2D eigenvalue weighted by Crippen LogP contribution is -2.49. The molecule has 5 aromatic rings. The van der Waals surface area contributed by atoms with Crippen molar-refractivity contribution in [2.75, 3.05) is 16.9 Å². The number of allylic oxidation sites excluding steroid dienone is 2. The van der Waals surface area contributed by atoms with Crippen molar-refractivity contribution in [2.45, 2.75) is 32.6 Å². The molecule has 0 radical (unpaired) electrons. The summed E-state index contributed by atoms with van der Waals surface area (Å²) in [5.41, 5.74) is 0.606. The van der Waals surface area contributed by atoms with Gasteiger partial charge in [0.1, 0.15) is 34.3 Å². The van der Waals surface area contributed by atoms with Crippen LogP contribution in [0.4, 0.5) is 11.5 Å². The van der Waals surface area contributed by atoms with E-state index in [2.05, 4.69) is 0 Å². The summed E-state index contributed by atoms with van der Waals surface area (Å²) in [7, 11) is 3.11. The van der Waals surface area contributed by atoms with Gasteiger partial charge in [-0.3, -0.25) is 23.9 Å². The highest BCUT2D eigenvalue weighted by Crippen LogP contribution is 2.65. The number of methoxy groups -OCH3 is 1. The van der Waals surface area contributed by atoms with E-state index in [0.717, 1.165) is 42.5 Å². The van der Waals surface area contributed by atoms with Gasteiger partial charge in [0.15, 0.2) is 0 Å². The highest BCUT2D eigenvalue weighted by Gasteiger charge is 2.68. The second kappa shape index (κ2) is 12.8. The van der Waals surface area contributed by atoms with Crippen molar-refractivity contribution in [1.29, 1.82) is 0 Å². The fraction of sp³-hybridized carbons (Fsp3) is 0.286. The van der Waals surface area contributed by atoms with Gasteiger partial charge >= 0.3 is 5.97 Å². The van der Waals surface area contributed by atoms with Gasteiger partial charge in [0.2, 0.25) is 23.6 Å². The molecule has 13 nitrogen and oxygen atoms in total. The van der Waals surface area contributed by atoms with Gasteiger partial charge in [0, 0.05) is 40.4 Å². The van der Waals surface area contributed by atoms with Gasteiger partial charge in [0.05, 0.1) is 40.8 Å². The summed E-state index contributed by atoms with van der Waals surface area (Å²) >= 11 is 7.83. The molecule has 290 valence electrons. The van der Waals surface area contributed by atoms with E-state index < -0.39 is 70.4 Å². The molecular weight excluding hydrogens is 772 g/mol. The number of aromatic hydroxyl groups is 2. The Morgan fingerprint density at radius 2 is 1.74 bits per heavy atom. The summed E-state index contributed by atoms with van der Waals surface area (Å²) in [4.78, 5) is 73.2. The van der Waals surface area contributed by atoms with Crippen LogP contribution in [0.25, 0.3) is 20.7 Å². The average Bonchev–Trinajstić information content (AvgIpc) is 3.84. The Labute approximate surface area is 334 Å². The van der Waals surface area contributed by atoms with Crippen molar-refractivity contribution in [3.8, 4) is 27.8 Å². The first-order valence-electron chi connectivity index (χ1n) is 18.3. The number of halogens is 1. The first-order chi connectivity index (χ1) is 27.2. The second-order valence-corrected chi connectivity index (χ2v) is 16.8. The van der Waals surface area contributed by atoms with E-state index in [1.165, 1.54) is 35.3 Å². The predicted molar refractivity (Wildman–Crippen MR) is 211 cm³/mol. The van der Waals surface area contributed by atoms with E-state index in [1.807, 2.05) is 31.2 Å². The number of carbonyl (C=O) groups is 5. The molecular formula is C42H35ClN4O9S. The highest BCUT2D eigenvalue weighted by atomic mass is 35.5. The maximum atomic E-state index is 15.2. The molecule has 3 fully saturated rings. The summed E-state index contributed by atoms with van der Waals surface area (Å²) in [6, 6.07) is 15.6. The molecule has 4 heterocycles. The number of aromatic nitrogens is 2. The van der Waals surface area contributed by atoms with Crippen molar-refractivity contribution < 1.29 is 44.0 Å². The normalized spacial score (nSPS) is 25.5. The van der Waals surface area contributed by atoms with Gasteiger partial charge < -0.3 is 20.1 Å². The molecule has 15 heteroatoms. The van der Waals surface area contributed by atoms with Gasteiger partial charge in [-0.1, -0.05) is 29.3 Å². The number of rotatable bonds is 6. The van der Waals surface area contributed by atoms with Crippen LogP contribution in [-0.4, -0.2) is 61.8 Å². The van der Waals surface area contributed by atoms with E-state index in [9.17, 15) is 34.5 Å². The zero-order chi connectivity index (χ0) is 40.4. The Morgan fingerprint density at radius 3 is 2.46 bits per heavy atom. The average molecular weight is 807 g/mol. The van der Waals surface area contributed by atoms with Crippen LogP contribution >= 0.6 is 22.9 Å². The predicted octanol–water partition coefficient (Wildman–Crippen LogP) is 6.82. The zero-order valence-corrected chi connectivity index (χ0v) is 32.6. The summed E-state index contributed by atoms with van der Waals surface area (Å²) in [5, 5.41) is 37.8.